The maximum Gasteiger partial charge on any atom is 0.339 e. The molecule has 0 heterocycles. The lowest BCUT2D eigenvalue weighted by Gasteiger charge is -2.12. The lowest BCUT2D eigenvalue weighted by Crippen LogP contribution is -2.04. The van der Waals surface area contributed by atoms with Crippen LogP contribution in [0.2, 0.25) is 0 Å². The van der Waals surface area contributed by atoms with Crippen LogP contribution >= 0.6 is 0 Å². The van der Waals surface area contributed by atoms with E-state index in [-0.39, 0.29) is 5.56 Å². The van der Waals surface area contributed by atoms with Gasteiger partial charge in [-0.2, -0.15) is 0 Å². The third-order valence-electron chi connectivity index (χ3n) is 3.03. The second-order valence-electron chi connectivity index (χ2n) is 4.38. The van der Waals surface area contributed by atoms with Gasteiger partial charge in [-0.05, 0) is 48.7 Å². The second kappa shape index (κ2) is 5.74. The number of aromatic carboxylic acids is 1. The number of aryl methyl sites for hydroxylation is 1. The van der Waals surface area contributed by atoms with E-state index in [1.807, 2.05) is 19.9 Å². The van der Waals surface area contributed by atoms with Crippen molar-refractivity contribution >= 4 is 5.97 Å². The fourth-order valence-electron chi connectivity index (χ4n) is 2.16. The van der Waals surface area contributed by atoms with Crippen molar-refractivity contribution in [2.45, 2.75) is 13.8 Å². The first-order chi connectivity index (χ1) is 9.54. The first-order valence-corrected chi connectivity index (χ1v) is 6.30. The van der Waals surface area contributed by atoms with Gasteiger partial charge in [0.25, 0.3) is 0 Å². The Morgan fingerprint density at radius 3 is 2.60 bits per heavy atom. The second-order valence-corrected chi connectivity index (χ2v) is 4.38. The van der Waals surface area contributed by atoms with Crippen molar-refractivity contribution in [1.82, 2.24) is 0 Å². The minimum Gasteiger partial charge on any atom is -0.494 e. The van der Waals surface area contributed by atoms with Gasteiger partial charge in [-0.3, -0.25) is 0 Å². The molecule has 4 heteroatoms. The molecule has 0 amide bonds. The number of hydrogen-bond donors (Lipinski definition) is 1. The van der Waals surface area contributed by atoms with E-state index in [0.29, 0.717) is 23.5 Å². The van der Waals surface area contributed by atoms with E-state index in [9.17, 15) is 14.3 Å². The number of ether oxygens (including phenoxy) is 1. The minimum absolute atomic E-state index is 0.306. The molecule has 0 saturated heterocycles. The topological polar surface area (TPSA) is 46.5 Å². The Hall–Kier alpha value is -2.36. The van der Waals surface area contributed by atoms with Crippen LogP contribution in [-0.4, -0.2) is 17.7 Å². The van der Waals surface area contributed by atoms with Crippen molar-refractivity contribution in [2.75, 3.05) is 6.61 Å². The maximum atomic E-state index is 13.7. The standard InChI is InChI=1S/C16H15FO3/c1-3-20-11-7-8-12(10(2)9-11)13-5-4-6-14(17)15(13)16(18)19/h4-9H,3H2,1-2H3,(H,18,19). The summed E-state index contributed by atoms with van der Waals surface area (Å²) in [4.78, 5) is 11.2. The summed E-state index contributed by atoms with van der Waals surface area (Å²) >= 11 is 0. The SMILES string of the molecule is CCOc1ccc(-c2cccc(F)c2C(=O)O)c(C)c1. The molecule has 1 N–H and O–H groups in total. The van der Waals surface area contributed by atoms with Gasteiger partial charge in [0, 0.05) is 0 Å². The van der Waals surface area contributed by atoms with Gasteiger partial charge in [0.15, 0.2) is 0 Å². The maximum absolute atomic E-state index is 13.7. The van der Waals surface area contributed by atoms with Crippen molar-refractivity contribution in [3.05, 3.63) is 53.3 Å². The highest BCUT2D eigenvalue weighted by molar-refractivity contribution is 5.96. The molecule has 0 radical (unpaired) electrons. The molecule has 0 fully saturated rings. The van der Waals surface area contributed by atoms with E-state index >= 15 is 0 Å². The largest absolute Gasteiger partial charge is 0.494 e. The lowest BCUT2D eigenvalue weighted by atomic mass is 9.95. The van der Waals surface area contributed by atoms with Crippen LogP contribution in [0.4, 0.5) is 4.39 Å². The fourth-order valence-corrected chi connectivity index (χ4v) is 2.16. The van der Waals surface area contributed by atoms with E-state index in [2.05, 4.69) is 0 Å². The van der Waals surface area contributed by atoms with Gasteiger partial charge in [-0.25, -0.2) is 9.18 Å². The normalized spacial score (nSPS) is 10.3. The van der Waals surface area contributed by atoms with Gasteiger partial charge in [0.2, 0.25) is 0 Å². The molecule has 0 bridgehead atoms. The number of carbonyl (C=O) groups is 1. The highest BCUT2D eigenvalue weighted by atomic mass is 19.1. The predicted octanol–water partition coefficient (Wildman–Crippen LogP) is 3.90. The molecular formula is C16H15FO3. The number of halogens is 1. The monoisotopic (exact) mass is 274 g/mol. The van der Waals surface area contributed by atoms with Gasteiger partial charge in [0.05, 0.1) is 6.61 Å². The van der Waals surface area contributed by atoms with Crippen LogP contribution in [0.15, 0.2) is 36.4 Å². The predicted molar refractivity (Wildman–Crippen MR) is 74.7 cm³/mol. The summed E-state index contributed by atoms with van der Waals surface area (Å²) in [6.07, 6.45) is 0. The van der Waals surface area contributed by atoms with Crippen molar-refractivity contribution < 1.29 is 19.0 Å². The smallest absolute Gasteiger partial charge is 0.339 e. The summed E-state index contributed by atoms with van der Waals surface area (Å²) < 4.78 is 19.1. The number of hydrogen-bond acceptors (Lipinski definition) is 2. The zero-order chi connectivity index (χ0) is 14.7. The Morgan fingerprint density at radius 2 is 2.00 bits per heavy atom. The van der Waals surface area contributed by atoms with Gasteiger partial charge < -0.3 is 9.84 Å². The Balaban J connectivity index is 2.57. The first-order valence-electron chi connectivity index (χ1n) is 6.30. The molecule has 2 rings (SSSR count). The Bertz CT molecular complexity index is 650. The van der Waals surface area contributed by atoms with Gasteiger partial charge in [-0.1, -0.05) is 18.2 Å². The number of carboxylic acids is 1. The molecule has 0 unspecified atom stereocenters. The van der Waals surface area contributed by atoms with Crippen LogP contribution < -0.4 is 4.74 Å². The summed E-state index contributed by atoms with van der Waals surface area (Å²) in [5.41, 5.74) is 1.59. The minimum atomic E-state index is -1.27. The zero-order valence-corrected chi connectivity index (χ0v) is 11.3. The Labute approximate surface area is 116 Å². The third kappa shape index (κ3) is 2.64. The number of carboxylic acid groups (broad SMARTS) is 1. The van der Waals surface area contributed by atoms with E-state index in [1.54, 1.807) is 18.2 Å². The molecule has 20 heavy (non-hydrogen) atoms. The molecule has 104 valence electrons. The molecule has 0 aromatic heterocycles. The number of rotatable bonds is 4. The molecule has 0 aliphatic carbocycles. The van der Waals surface area contributed by atoms with Gasteiger partial charge >= 0.3 is 5.97 Å². The lowest BCUT2D eigenvalue weighted by molar-refractivity contribution is 0.0693. The summed E-state index contributed by atoms with van der Waals surface area (Å²) in [5, 5.41) is 9.17. The van der Waals surface area contributed by atoms with Crippen LogP contribution in [0.25, 0.3) is 11.1 Å². The quantitative estimate of drug-likeness (QED) is 0.919. The molecule has 2 aromatic carbocycles. The molecule has 3 nitrogen and oxygen atoms in total. The molecule has 2 aromatic rings. The highest BCUT2D eigenvalue weighted by Crippen LogP contribution is 2.30. The van der Waals surface area contributed by atoms with Crippen molar-refractivity contribution in [1.29, 1.82) is 0 Å². The van der Waals surface area contributed by atoms with Crippen LogP contribution in [0.1, 0.15) is 22.8 Å². The molecule has 0 aliphatic rings. The zero-order valence-electron chi connectivity index (χ0n) is 11.3. The Kier molecular flexibility index (Phi) is 4.03. The fraction of sp³-hybridized carbons (Fsp3) is 0.188. The van der Waals surface area contributed by atoms with Crippen molar-refractivity contribution in [3.8, 4) is 16.9 Å². The van der Waals surface area contributed by atoms with Gasteiger partial charge in [-0.15, -0.1) is 0 Å². The van der Waals surface area contributed by atoms with Gasteiger partial charge in [0.1, 0.15) is 17.1 Å². The molecule has 0 aliphatic heterocycles. The van der Waals surface area contributed by atoms with E-state index < -0.39 is 11.8 Å². The third-order valence-corrected chi connectivity index (χ3v) is 3.03. The van der Waals surface area contributed by atoms with E-state index in [1.165, 1.54) is 6.07 Å². The first kappa shape index (κ1) is 14.1. The molecule has 0 spiro atoms. The van der Waals surface area contributed by atoms with Crippen LogP contribution in [0, 0.1) is 12.7 Å². The van der Waals surface area contributed by atoms with E-state index in [0.717, 1.165) is 11.6 Å². The summed E-state index contributed by atoms with van der Waals surface area (Å²) in [5.74, 6) is -1.29. The summed E-state index contributed by atoms with van der Waals surface area (Å²) in [7, 11) is 0. The van der Waals surface area contributed by atoms with Crippen molar-refractivity contribution in [2.24, 2.45) is 0 Å². The average Bonchev–Trinajstić information content (AvgIpc) is 2.38. The summed E-state index contributed by atoms with van der Waals surface area (Å²) in [6, 6.07) is 9.58. The molecule has 0 saturated carbocycles. The van der Waals surface area contributed by atoms with E-state index in [4.69, 9.17) is 4.74 Å². The van der Waals surface area contributed by atoms with Crippen molar-refractivity contribution in [3.63, 3.8) is 0 Å². The van der Waals surface area contributed by atoms with Crippen LogP contribution in [0.5, 0.6) is 5.75 Å². The average molecular weight is 274 g/mol. The highest BCUT2D eigenvalue weighted by Gasteiger charge is 2.18. The number of benzene rings is 2. The summed E-state index contributed by atoms with van der Waals surface area (Å²) in [6.45, 7) is 4.28. The molecular weight excluding hydrogens is 259 g/mol. The Morgan fingerprint density at radius 1 is 1.25 bits per heavy atom. The molecule has 0 atom stereocenters. The van der Waals surface area contributed by atoms with Crippen LogP contribution in [0.3, 0.4) is 0 Å². The van der Waals surface area contributed by atoms with Crippen LogP contribution in [-0.2, 0) is 0 Å².